The van der Waals surface area contributed by atoms with Crippen molar-refractivity contribution in [1.82, 2.24) is 0 Å². The third-order valence-corrected chi connectivity index (χ3v) is 2.71. The number of benzene rings is 2. The first-order valence-corrected chi connectivity index (χ1v) is 5.77. The molecule has 0 amide bonds. The fraction of sp³-hybridized carbons (Fsp3) is 0. The molecule has 0 atom stereocenters. The lowest BCUT2D eigenvalue weighted by molar-refractivity contribution is -0.357. The van der Waals surface area contributed by atoms with E-state index in [-0.39, 0.29) is 5.69 Å². The molecule has 2 aromatic rings. The van der Waals surface area contributed by atoms with Crippen LogP contribution in [0.5, 0.6) is 0 Å². The minimum Gasteiger partial charge on any atom is -0.618 e. The van der Waals surface area contributed by atoms with Gasteiger partial charge >= 0.3 is 0 Å². The third kappa shape index (κ3) is 2.91. The van der Waals surface area contributed by atoms with E-state index in [9.17, 15) is 9.60 Å². The highest BCUT2D eigenvalue weighted by molar-refractivity contribution is 9.10. The van der Waals surface area contributed by atoms with E-state index < -0.39 is 5.82 Å². The van der Waals surface area contributed by atoms with Gasteiger partial charge in [-0.1, -0.05) is 34.1 Å². The minimum atomic E-state index is -0.554. The quantitative estimate of drug-likeness (QED) is 0.357. The molecule has 2 nitrogen and oxygen atoms in total. The van der Waals surface area contributed by atoms with Crippen LogP contribution in [0.1, 0.15) is 5.56 Å². The fourth-order valence-electron chi connectivity index (χ4n) is 1.40. The molecule has 4 heteroatoms. The molecular formula is C13H9BrFNO. The first-order chi connectivity index (χ1) is 8.16. The van der Waals surface area contributed by atoms with Crippen LogP contribution >= 0.6 is 15.9 Å². The summed E-state index contributed by atoms with van der Waals surface area (Å²) in [6, 6.07) is 13.4. The van der Waals surface area contributed by atoms with E-state index in [1.165, 1.54) is 18.3 Å². The molecule has 0 aliphatic carbocycles. The van der Waals surface area contributed by atoms with E-state index in [1.807, 2.05) is 18.2 Å². The summed E-state index contributed by atoms with van der Waals surface area (Å²) in [5.41, 5.74) is 0.724. The van der Waals surface area contributed by atoms with Gasteiger partial charge in [-0.05, 0) is 24.3 Å². The van der Waals surface area contributed by atoms with Gasteiger partial charge in [-0.3, -0.25) is 0 Å². The first-order valence-electron chi connectivity index (χ1n) is 4.98. The predicted molar refractivity (Wildman–Crippen MR) is 69.0 cm³/mol. The van der Waals surface area contributed by atoms with Crippen LogP contribution in [0.4, 0.5) is 10.1 Å². The van der Waals surface area contributed by atoms with Gasteiger partial charge in [-0.2, -0.15) is 9.13 Å². The summed E-state index contributed by atoms with van der Waals surface area (Å²) in [6.07, 6.45) is 1.34. The zero-order valence-corrected chi connectivity index (χ0v) is 10.4. The van der Waals surface area contributed by atoms with Gasteiger partial charge < -0.3 is 5.21 Å². The van der Waals surface area contributed by atoms with E-state index in [4.69, 9.17) is 0 Å². The molecule has 0 unspecified atom stereocenters. The topological polar surface area (TPSA) is 26.1 Å². The van der Waals surface area contributed by atoms with Crippen LogP contribution in [-0.4, -0.2) is 11.0 Å². The van der Waals surface area contributed by atoms with Crippen molar-refractivity contribution in [3.8, 4) is 0 Å². The molecule has 0 saturated heterocycles. The summed E-state index contributed by atoms with van der Waals surface area (Å²) in [7, 11) is 0. The average Bonchev–Trinajstić information content (AvgIpc) is 2.30. The van der Waals surface area contributed by atoms with Crippen molar-refractivity contribution in [1.29, 1.82) is 0 Å². The van der Waals surface area contributed by atoms with Crippen molar-refractivity contribution in [2.24, 2.45) is 0 Å². The molecule has 2 aromatic carbocycles. The number of hydrogen-bond acceptors (Lipinski definition) is 1. The molecule has 0 bridgehead atoms. The third-order valence-electron chi connectivity index (χ3n) is 2.21. The lowest BCUT2D eigenvalue weighted by Crippen LogP contribution is -2.00. The van der Waals surface area contributed by atoms with Crippen molar-refractivity contribution in [2.75, 3.05) is 0 Å². The van der Waals surface area contributed by atoms with Crippen LogP contribution in [0, 0.1) is 11.0 Å². The molecule has 0 saturated carbocycles. The Labute approximate surface area is 107 Å². The smallest absolute Gasteiger partial charge is 0.252 e. The Morgan fingerprint density at radius 2 is 1.82 bits per heavy atom. The highest BCUT2D eigenvalue weighted by atomic mass is 79.9. The van der Waals surface area contributed by atoms with Crippen LogP contribution in [0.2, 0.25) is 0 Å². The SMILES string of the molecule is [O-][N+](=Cc1ccccc1)c1ccc(Br)cc1F. The molecular weight excluding hydrogens is 285 g/mol. The predicted octanol–water partition coefficient (Wildman–Crippen LogP) is 3.85. The first kappa shape index (κ1) is 11.8. The molecule has 0 radical (unpaired) electrons. The zero-order valence-electron chi connectivity index (χ0n) is 8.81. The molecule has 2 rings (SSSR count). The number of hydrogen-bond donors (Lipinski definition) is 0. The van der Waals surface area contributed by atoms with Gasteiger partial charge in [0.15, 0.2) is 12.0 Å². The molecule has 0 spiro atoms. The van der Waals surface area contributed by atoms with Crippen molar-refractivity contribution in [3.05, 3.63) is 69.6 Å². The lowest BCUT2D eigenvalue weighted by atomic mass is 10.2. The summed E-state index contributed by atoms with van der Waals surface area (Å²) in [5.74, 6) is -0.554. The zero-order chi connectivity index (χ0) is 12.3. The second kappa shape index (κ2) is 5.10. The fourth-order valence-corrected chi connectivity index (χ4v) is 1.74. The number of halogens is 2. The van der Waals surface area contributed by atoms with Crippen LogP contribution < -0.4 is 0 Å². The van der Waals surface area contributed by atoms with Crippen molar-refractivity contribution >= 4 is 27.8 Å². The van der Waals surface area contributed by atoms with E-state index in [0.29, 0.717) is 9.21 Å². The summed E-state index contributed by atoms with van der Waals surface area (Å²) in [5, 5.41) is 11.8. The maximum absolute atomic E-state index is 13.5. The molecule has 0 fully saturated rings. The van der Waals surface area contributed by atoms with Gasteiger partial charge in [0.05, 0.1) is 0 Å². The lowest BCUT2D eigenvalue weighted by Gasteiger charge is -2.04. The molecule has 17 heavy (non-hydrogen) atoms. The molecule has 0 aliphatic rings. The van der Waals surface area contributed by atoms with Gasteiger partial charge in [-0.15, -0.1) is 0 Å². The minimum absolute atomic E-state index is 0.00273. The van der Waals surface area contributed by atoms with Gasteiger partial charge in [0.2, 0.25) is 0 Å². The Balaban J connectivity index is 2.37. The summed E-state index contributed by atoms with van der Waals surface area (Å²) >= 11 is 3.14. The van der Waals surface area contributed by atoms with E-state index in [2.05, 4.69) is 15.9 Å². The monoisotopic (exact) mass is 293 g/mol. The number of rotatable bonds is 2. The highest BCUT2D eigenvalue weighted by Gasteiger charge is 2.10. The van der Waals surface area contributed by atoms with Gasteiger partial charge in [0.25, 0.3) is 5.69 Å². The second-order valence-corrected chi connectivity index (χ2v) is 4.38. The standard InChI is InChI=1S/C13H9BrFNO/c14-11-6-7-13(12(15)8-11)16(17)9-10-4-2-1-3-5-10/h1-9H. The Morgan fingerprint density at radius 3 is 2.47 bits per heavy atom. The van der Waals surface area contributed by atoms with E-state index in [0.717, 1.165) is 5.56 Å². The summed E-state index contributed by atoms with van der Waals surface area (Å²) < 4.78 is 14.6. The number of nitrogens with zero attached hydrogens (tertiary/aromatic N) is 1. The molecule has 0 aliphatic heterocycles. The second-order valence-electron chi connectivity index (χ2n) is 3.46. The Morgan fingerprint density at radius 1 is 1.12 bits per heavy atom. The average molecular weight is 294 g/mol. The molecule has 0 N–H and O–H groups in total. The van der Waals surface area contributed by atoms with E-state index >= 15 is 0 Å². The summed E-state index contributed by atoms with van der Waals surface area (Å²) in [4.78, 5) is 0. The van der Waals surface area contributed by atoms with Gasteiger partial charge in [0, 0.05) is 16.1 Å². The molecule has 86 valence electrons. The maximum Gasteiger partial charge on any atom is 0.252 e. The Bertz CT molecular complexity index is 555. The Kier molecular flexibility index (Phi) is 3.54. The maximum atomic E-state index is 13.5. The molecule has 0 heterocycles. The van der Waals surface area contributed by atoms with Gasteiger partial charge in [-0.25, -0.2) is 0 Å². The van der Waals surface area contributed by atoms with Crippen molar-refractivity contribution in [2.45, 2.75) is 0 Å². The van der Waals surface area contributed by atoms with E-state index in [1.54, 1.807) is 18.2 Å². The van der Waals surface area contributed by atoms with Crippen LogP contribution in [0.15, 0.2) is 53.0 Å². The van der Waals surface area contributed by atoms with Crippen LogP contribution in [-0.2, 0) is 0 Å². The highest BCUT2D eigenvalue weighted by Crippen LogP contribution is 2.21. The Hall–Kier alpha value is -1.68. The van der Waals surface area contributed by atoms with Crippen molar-refractivity contribution < 1.29 is 9.13 Å². The van der Waals surface area contributed by atoms with Gasteiger partial charge in [0.1, 0.15) is 0 Å². The van der Waals surface area contributed by atoms with Crippen molar-refractivity contribution in [3.63, 3.8) is 0 Å². The van der Waals surface area contributed by atoms with Crippen LogP contribution in [0.3, 0.4) is 0 Å². The van der Waals surface area contributed by atoms with Crippen LogP contribution in [0.25, 0.3) is 0 Å². The normalized spacial score (nSPS) is 11.5. The molecule has 0 aromatic heterocycles. The largest absolute Gasteiger partial charge is 0.618 e. The summed E-state index contributed by atoms with van der Waals surface area (Å²) in [6.45, 7) is 0.